The first kappa shape index (κ1) is 10.2. The Hall–Kier alpha value is -1.31. The van der Waals surface area contributed by atoms with Gasteiger partial charge in [-0.25, -0.2) is 0 Å². The van der Waals surface area contributed by atoms with Crippen molar-refractivity contribution in [1.82, 2.24) is 0 Å². The zero-order chi connectivity index (χ0) is 11.1. The van der Waals surface area contributed by atoms with Crippen LogP contribution >= 0.6 is 0 Å². The zero-order valence-corrected chi connectivity index (χ0v) is 9.29. The van der Waals surface area contributed by atoms with Crippen LogP contribution in [0.3, 0.4) is 0 Å². The van der Waals surface area contributed by atoms with Crippen LogP contribution in [0.15, 0.2) is 24.3 Å². The fraction of sp³-hybridized carbons (Fsp3) is 0.462. The molecule has 15 heavy (non-hydrogen) atoms. The molecule has 1 aromatic carbocycles. The lowest BCUT2D eigenvalue weighted by molar-refractivity contribution is -0.124. The van der Waals surface area contributed by atoms with Crippen LogP contribution in [0.1, 0.15) is 31.4 Å². The number of aryl methyl sites for hydroxylation is 1. The second-order valence-corrected chi connectivity index (χ2v) is 4.87. The highest BCUT2D eigenvalue weighted by atomic mass is 16.1. The van der Waals surface area contributed by atoms with Gasteiger partial charge in [-0.1, -0.05) is 38.1 Å². The number of amides is 1. The fourth-order valence-electron chi connectivity index (χ4n) is 2.71. The van der Waals surface area contributed by atoms with Gasteiger partial charge in [-0.05, 0) is 24.0 Å². The molecule has 0 radical (unpaired) electrons. The van der Waals surface area contributed by atoms with Crippen molar-refractivity contribution in [2.75, 3.05) is 0 Å². The van der Waals surface area contributed by atoms with Gasteiger partial charge in [-0.2, -0.15) is 0 Å². The summed E-state index contributed by atoms with van der Waals surface area (Å²) in [6.07, 6.45) is 1.84. The molecule has 2 heteroatoms. The minimum absolute atomic E-state index is 0.0348. The molecule has 0 aromatic heterocycles. The standard InChI is InChI=1S/C13H17NO/c1-13(2)10-6-4-3-5-9(10)7-8-11(13)12(14)15/h3-6,11H,7-8H2,1-2H3,(H2,14,15). The SMILES string of the molecule is CC1(C)c2ccccc2CCC1C(N)=O. The Bertz CT molecular complexity index is 395. The molecule has 1 aliphatic carbocycles. The summed E-state index contributed by atoms with van der Waals surface area (Å²) < 4.78 is 0. The summed E-state index contributed by atoms with van der Waals surface area (Å²) in [6, 6.07) is 8.35. The van der Waals surface area contributed by atoms with Crippen LogP contribution in [0.5, 0.6) is 0 Å². The highest BCUT2D eigenvalue weighted by Gasteiger charge is 2.39. The Balaban J connectivity index is 2.49. The van der Waals surface area contributed by atoms with E-state index < -0.39 is 0 Å². The topological polar surface area (TPSA) is 43.1 Å². The van der Waals surface area contributed by atoms with Gasteiger partial charge in [0.15, 0.2) is 0 Å². The maximum atomic E-state index is 11.4. The number of hydrogen-bond donors (Lipinski definition) is 1. The molecule has 1 aromatic rings. The van der Waals surface area contributed by atoms with Crippen LogP contribution in [0.2, 0.25) is 0 Å². The number of carbonyl (C=O) groups is 1. The van der Waals surface area contributed by atoms with E-state index >= 15 is 0 Å². The quantitative estimate of drug-likeness (QED) is 0.745. The molecule has 1 amide bonds. The van der Waals surface area contributed by atoms with Crippen LogP contribution in [0.25, 0.3) is 0 Å². The van der Waals surface area contributed by atoms with Gasteiger partial charge < -0.3 is 5.73 Å². The van der Waals surface area contributed by atoms with Gasteiger partial charge in [0.1, 0.15) is 0 Å². The number of hydrogen-bond acceptors (Lipinski definition) is 1. The Labute approximate surface area is 90.5 Å². The van der Waals surface area contributed by atoms with Crippen molar-refractivity contribution in [3.8, 4) is 0 Å². The van der Waals surface area contributed by atoms with Gasteiger partial charge in [0.25, 0.3) is 0 Å². The highest BCUT2D eigenvalue weighted by Crippen LogP contribution is 2.40. The molecule has 2 N–H and O–H groups in total. The number of primary amides is 1. The Morgan fingerprint density at radius 1 is 1.40 bits per heavy atom. The Kier molecular flexibility index (Phi) is 2.29. The van der Waals surface area contributed by atoms with Crippen LogP contribution in [-0.4, -0.2) is 5.91 Å². The van der Waals surface area contributed by atoms with Gasteiger partial charge >= 0.3 is 0 Å². The van der Waals surface area contributed by atoms with Crippen LogP contribution in [-0.2, 0) is 16.6 Å². The molecule has 2 rings (SSSR count). The number of nitrogens with two attached hydrogens (primary N) is 1. The monoisotopic (exact) mass is 203 g/mol. The third-order valence-electron chi connectivity index (χ3n) is 3.63. The maximum absolute atomic E-state index is 11.4. The van der Waals surface area contributed by atoms with Gasteiger partial charge in [0.05, 0.1) is 0 Å². The van der Waals surface area contributed by atoms with E-state index in [-0.39, 0.29) is 17.2 Å². The minimum atomic E-state index is -0.172. The summed E-state index contributed by atoms with van der Waals surface area (Å²) in [4.78, 5) is 11.4. The third kappa shape index (κ3) is 1.54. The highest BCUT2D eigenvalue weighted by molar-refractivity contribution is 5.79. The van der Waals surface area contributed by atoms with Crippen molar-refractivity contribution in [2.45, 2.75) is 32.1 Å². The molecule has 80 valence electrons. The summed E-state index contributed by atoms with van der Waals surface area (Å²) in [6.45, 7) is 4.22. The van der Waals surface area contributed by atoms with Crippen LogP contribution < -0.4 is 5.73 Å². The summed E-state index contributed by atoms with van der Waals surface area (Å²) >= 11 is 0. The number of rotatable bonds is 1. The van der Waals surface area contributed by atoms with E-state index in [0.717, 1.165) is 12.8 Å². The number of carbonyl (C=O) groups excluding carboxylic acids is 1. The molecule has 0 bridgehead atoms. The van der Waals surface area contributed by atoms with E-state index in [2.05, 4.69) is 32.0 Å². The van der Waals surface area contributed by atoms with Crippen molar-refractivity contribution in [3.05, 3.63) is 35.4 Å². The van der Waals surface area contributed by atoms with Gasteiger partial charge in [-0.3, -0.25) is 4.79 Å². The van der Waals surface area contributed by atoms with Crippen molar-refractivity contribution < 1.29 is 4.79 Å². The first-order chi connectivity index (χ1) is 7.03. The van der Waals surface area contributed by atoms with Gasteiger partial charge in [0, 0.05) is 11.3 Å². The van der Waals surface area contributed by atoms with Crippen molar-refractivity contribution in [1.29, 1.82) is 0 Å². The van der Waals surface area contributed by atoms with Crippen molar-refractivity contribution in [3.63, 3.8) is 0 Å². The molecule has 0 saturated heterocycles. The van der Waals surface area contributed by atoms with E-state index in [1.54, 1.807) is 0 Å². The van der Waals surface area contributed by atoms with E-state index in [1.165, 1.54) is 11.1 Å². The first-order valence-corrected chi connectivity index (χ1v) is 5.41. The maximum Gasteiger partial charge on any atom is 0.221 e. The predicted octanol–water partition coefficient (Wildman–Crippen LogP) is 2.01. The number of benzene rings is 1. The smallest absolute Gasteiger partial charge is 0.221 e. The lowest BCUT2D eigenvalue weighted by atomic mass is 9.65. The lowest BCUT2D eigenvalue weighted by Gasteiger charge is -2.38. The molecule has 1 aliphatic rings. The van der Waals surface area contributed by atoms with E-state index in [0.29, 0.717) is 0 Å². The summed E-state index contributed by atoms with van der Waals surface area (Å²) in [5.74, 6) is -0.207. The lowest BCUT2D eigenvalue weighted by Crippen LogP contribution is -2.42. The summed E-state index contributed by atoms with van der Waals surface area (Å²) in [5.41, 5.74) is 7.98. The molecule has 0 heterocycles. The van der Waals surface area contributed by atoms with Crippen LogP contribution in [0.4, 0.5) is 0 Å². The average Bonchev–Trinajstić information content (AvgIpc) is 2.17. The Morgan fingerprint density at radius 2 is 2.07 bits per heavy atom. The van der Waals surface area contributed by atoms with E-state index in [9.17, 15) is 4.79 Å². The molecular formula is C13H17NO. The molecule has 2 nitrogen and oxygen atoms in total. The van der Waals surface area contributed by atoms with Gasteiger partial charge in [-0.15, -0.1) is 0 Å². The minimum Gasteiger partial charge on any atom is -0.369 e. The van der Waals surface area contributed by atoms with E-state index in [4.69, 9.17) is 5.73 Å². The normalized spacial score (nSPS) is 23.2. The largest absolute Gasteiger partial charge is 0.369 e. The summed E-state index contributed by atoms with van der Waals surface area (Å²) in [7, 11) is 0. The van der Waals surface area contributed by atoms with Gasteiger partial charge in [0.2, 0.25) is 5.91 Å². The molecule has 1 unspecified atom stereocenters. The molecule has 0 aliphatic heterocycles. The predicted molar refractivity (Wildman–Crippen MR) is 60.5 cm³/mol. The molecular weight excluding hydrogens is 186 g/mol. The zero-order valence-electron chi connectivity index (χ0n) is 9.29. The van der Waals surface area contributed by atoms with Crippen molar-refractivity contribution in [2.24, 2.45) is 11.7 Å². The van der Waals surface area contributed by atoms with Crippen LogP contribution in [0, 0.1) is 5.92 Å². The average molecular weight is 203 g/mol. The molecule has 0 saturated carbocycles. The number of fused-ring (bicyclic) bond motifs is 1. The fourth-order valence-corrected chi connectivity index (χ4v) is 2.71. The Morgan fingerprint density at radius 3 is 2.73 bits per heavy atom. The second-order valence-electron chi connectivity index (χ2n) is 4.87. The molecule has 0 fully saturated rings. The van der Waals surface area contributed by atoms with E-state index in [1.807, 2.05) is 6.07 Å². The first-order valence-electron chi connectivity index (χ1n) is 5.41. The van der Waals surface area contributed by atoms with Crippen molar-refractivity contribution >= 4 is 5.91 Å². The second kappa shape index (κ2) is 3.37. The molecule has 1 atom stereocenters. The molecule has 0 spiro atoms. The summed E-state index contributed by atoms with van der Waals surface area (Å²) in [5, 5.41) is 0. The third-order valence-corrected chi connectivity index (χ3v) is 3.63.